The minimum absolute atomic E-state index is 0.765. The lowest BCUT2D eigenvalue weighted by atomic mass is 10.0. The molecular weight excluding hydrogens is 496 g/mol. The van der Waals surface area contributed by atoms with Crippen LogP contribution in [-0.2, 0) is 0 Å². The number of nitriles is 1. The lowest BCUT2D eigenvalue weighted by Gasteiger charge is -2.25. The number of anilines is 1. The van der Waals surface area contributed by atoms with E-state index >= 15 is 0 Å². The molecule has 0 aliphatic heterocycles. The van der Waals surface area contributed by atoms with Crippen LogP contribution in [0.5, 0.6) is 0 Å². The monoisotopic (exact) mass is 567 g/mol. The molecule has 0 aliphatic rings. The van der Waals surface area contributed by atoms with Gasteiger partial charge in [-0.1, -0.05) is 181 Å². The Balaban J connectivity index is 2.10. The van der Waals surface area contributed by atoms with E-state index in [1.54, 1.807) is 0 Å². The van der Waals surface area contributed by atoms with Gasteiger partial charge in [0.05, 0.1) is 11.6 Å². The number of benzene rings is 1. The van der Waals surface area contributed by atoms with E-state index in [1.165, 1.54) is 185 Å². The zero-order valence-electron chi connectivity index (χ0n) is 27.9. The Labute approximate surface area is 258 Å². The summed E-state index contributed by atoms with van der Waals surface area (Å²) in [5.74, 6) is 0. The molecule has 1 rings (SSSR count). The van der Waals surface area contributed by atoms with Gasteiger partial charge >= 0.3 is 0 Å². The molecule has 0 spiro atoms. The molecule has 2 heteroatoms. The van der Waals surface area contributed by atoms with Crippen molar-refractivity contribution in [3.63, 3.8) is 0 Å². The molecule has 0 amide bonds. The summed E-state index contributed by atoms with van der Waals surface area (Å²) in [5.41, 5.74) is 2.06. The predicted molar refractivity (Wildman–Crippen MR) is 184 cm³/mol. The molecule has 0 saturated heterocycles. The third-order valence-electron chi connectivity index (χ3n) is 8.92. The van der Waals surface area contributed by atoms with E-state index < -0.39 is 0 Å². The van der Waals surface area contributed by atoms with Crippen molar-refractivity contribution in [3.8, 4) is 6.07 Å². The molecule has 236 valence electrons. The fourth-order valence-electron chi connectivity index (χ4n) is 6.11. The molecule has 0 heterocycles. The fourth-order valence-corrected chi connectivity index (χ4v) is 6.11. The van der Waals surface area contributed by atoms with Crippen LogP contribution in [-0.4, -0.2) is 13.1 Å². The van der Waals surface area contributed by atoms with Crippen LogP contribution in [0, 0.1) is 11.3 Å². The highest BCUT2D eigenvalue weighted by atomic mass is 15.1. The minimum atomic E-state index is 0.765. The lowest BCUT2D eigenvalue weighted by Crippen LogP contribution is -2.25. The van der Waals surface area contributed by atoms with Crippen LogP contribution in [0.3, 0.4) is 0 Å². The van der Waals surface area contributed by atoms with Crippen molar-refractivity contribution < 1.29 is 0 Å². The highest BCUT2D eigenvalue weighted by Crippen LogP contribution is 2.19. The lowest BCUT2D eigenvalue weighted by molar-refractivity contribution is 0.529. The number of hydrogen-bond donors (Lipinski definition) is 0. The van der Waals surface area contributed by atoms with Crippen LogP contribution in [0.1, 0.15) is 199 Å². The van der Waals surface area contributed by atoms with E-state index in [0.29, 0.717) is 0 Å². The van der Waals surface area contributed by atoms with Gasteiger partial charge in [0.15, 0.2) is 0 Å². The zero-order chi connectivity index (χ0) is 29.5. The average molecular weight is 567 g/mol. The van der Waals surface area contributed by atoms with Gasteiger partial charge in [0.2, 0.25) is 0 Å². The molecule has 0 radical (unpaired) electrons. The van der Waals surface area contributed by atoms with Crippen molar-refractivity contribution in [1.29, 1.82) is 5.26 Å². The molecule has 2 nitrogen and oxygen atoms in total. The summed E-state index contributed by atoms with van der Waals surface area (Å²) in [6.45, 7) is 6.91. The number of unbranched alkanes of at least 4 members (excludes halogenated alkanes) is 26. The second-order valence-corrected chi connectivity index (χ2v) is 12.8. The van der Waals surface area contributed by atoms with Crippen LogP contribution in [0.2, 0.25) is 0 Å². The first kappa shape index (κ1) is 37.5. The van der Waals surface area contributed by atoms with Gasteiger partial charge in [0.1, 0.15) is 0 Å². The molecule has 41 heavy (non-hydrogen) atoms. The van der Waals surface area contributed by atoms with Gasteiger partial charge in [-0.2, -0.15) is 5.26 Å². The summed E-state index contributed by atoms with van der Waals surface area (Å²) in [7, 11) is 0. The molecule has 0 fully saturated rings. The quantitative estimate of drug-likeness (QED) is 0.0836. The third-order valence-corrected chi connectivity index (χ3v) is 8.92. The molecule has 1 aromatic carbocycles. The Morgan fingerprint density at radius 2 is 0.683 bits per heavy atom. The van der Waals surface area contributed by atoms with Gasteiger partial charge in [-0.05, 0) is 37.1 Å². The van der Waals surface area contributed by atoms with Crippen molar-refractivity contribution in [2.45, 2.75) is 194 Å². The Kier molecular flexibility index (Phi) is 27.4. The Morgan fingerprint density at radius 3 is 0.951 bits per heavy atom. The highest BCUT2D eigenvalue weighted by Gasteiger charge is 2.07. The minimum Gasteiger partial charge on any atom is -0.372 e. The first-order valence-corrected chi connectivity index (χ1v) is 18.6. The maximum Gasteiger partial charge on any atom is 0.0991 e. The summed E-state index contributed by atoms with van der Waals surface area (Å²) < 4.78 is 0. The summed E-state index contributed by atoms with van der Waals surface area (Å²) in [5, 5.41) is 9.19. The van der Waals surface area contributed by atoms with Gasteiger partial charge in [0.25, 0.3) is 0 Å². The van der Waals surface area contributed by atoms with E-state index in [4.69, 9.17) is 0 Å². The van der Waals surface area contributed by atoms with E-state index in [1.807, 2.05) is 12.1 Å². The predicted octanol–water partition coefficient (Wildman–Crippen LogP) is 13.3. The van der Waals surface area contributed by atoms with Crippen LogP contribution in [0.4, 0.5) is 5.69 Å². The van der Waals surface area contributed by atoms with Crippen molar-refractivity contribution >= 4 is 5.69 Å². The van der Waals surface area contributed by atoms with Gasteiger partial charge in [0, 0.05) is 18.8 Å². The molecule has 0 aliphatic carbocycles. The van der Waals surface area contributed by atoms with Gasteiger partial charge in [-0.15, -0.1) is 0 Å². The maximum atomic E-state index is 9.19. The molecule has 0 unspecified atom stereocenters. The number of hydrogen-bond acceptors (Lipinski definition) is 2. The number of rotatable bonds is 31. The van der Waals surface area contributed by atoms with Crippen molar-refractivity contribution in [2.24, 2.45) is 0 Å². The topological polar surface area (TPSA) is 27.0 Å². The smallest absolute Gasteiger partial charge is 0.0991 e. The molecular formula is C39H70N2. The summed E-state index contributed by atoms with van der Waals surface area (Å²) >= 11 is 0. The second-order valence-electron chi connectivity index (χ2n) is 12.8. The molecule has 0 aromatic heterocycles. The van der Waals surface area contributed by atoms with E-state index in [9.17, 15) is 5.26 Å². The van der Waals surface area contributed by atoms with E-state index in [-0.39, 0.29) is 0 Å². The maximum absolute atomic E-state index is 9.19. The zero-order valence-corrected chi connectivity index (χ0v) is 27.9. The molecule has 0 atom stereocenters. The Hall–Kier alpha value is -1.49. The molecule has 0 N–H and O–H groups in total. The molecule has 1 aromatic rings. The summed E-state index contributed by atoms with van der Waals surface area (Å²) in [6.07, 6.45) is 39.5. The Bertz CT molecular complexity index is 657. The molecule has 0 saturated carbocycles. The molecule has 0 bridgehead atoms. The third kappa shape index (κ3) is 23.7. The van der Waals surface area contributed by atoms with E-state index in [2.05, 4.69) is 36.9 Å². The van der Waals surface area contributed by atoms with Gasteiger partial charge in [-0.3, -0.25) is 0 Å². The van der Waals surface area contributed by atoms with Crippen molar-refractivity contribution in [3.05, 3.63) is 29.8 Å². The van der Waals surface area contributed by atoms with Gasteiger partial charge < -0.3 is 4.90 Å². The van der Waals surface area contributed by atoms with Gasteiger partial charge in [-0.25, -0.2) is 0 Å². The average Bonchev–Trinajstić information content (AvgIpc) is 3.00. The standard InChI is InChI=1S/C39H70N2/c1-3-5-7-9-11-13-15-17-19-21-23-25-27-29-35-41(39-33-31-38(37-40)32-34-39)36-30-28-26-24-22-20-18-16-14-12-10-8-6-4-2/h31-34H,3-30,35-36H2,1-2H3. The normalized spacial score (nSPS) is 11.1. The SMILES string of the molecule is CCCCCCCCCCCCCCCCN(CCCCCCCCCCCCCCCC)c1ccc(C#N)cc1. The van der Waals surface area contributed by atoms with Crippen LogP contribution < -0.4 is 4.90 Å². The Morgan fingerprint density at radius 1 is 0.415 bits per heavy atom. The number of nitrogens with zero attached hydrogens (tertiary/aromatic N) is 2. The van der Waals surface area contributed by atoms with Crippen molar-refractivity contribution in [1.82, 2.24) is 0 Å². The highest BCUT2D eigenvalue weighted by molar-refractivity contribution is 5.49. The second kappa shape index (κ2) is 30.0. The van der Waals surface area contributed by atoms with Crippen LogP contribution in [0.15, 0.2) is 24.3 Å². The van der Waals surface area contributed by atoms with Crippen LogP contribution in [0.25, 0.3) is 0 Å². The first-order valence-electron chi connectivity index (χ1n) is 18.6. The van der Waals surface area contributed by atoms with Crippen LogP contribution >= 0.6 is 0 Å². The summed E-state index contributed by atoms with van der Waals surface area (Å²) in [4.78, 5) is 2.59. The fraction of sp³-hybridized carbons (Fsp3) is 0.821. The summed E-state index contributed by atoms with van der Waals surface area (Å²) in [6, 6.07) is 10.6. The largest absolute Gasteiger partial charge is 0.372 e. The van der Waals surface area contributed by atoms with Crippen molar-refractivity contribution in [2.75, 3.05) is 18.0 Å². The van der Waals surface area contributed by atoms with E-state index in [0.717, 1.165) is 18.7 Å². The first-order chi connectivity index (χ1) is 20.3.